The van der Waals surface area contributed by atoms with E-state index in [1.807, 2.05) is 48.5 Å². The average molecular weight is 1710 g/mol. The van der Waals surface area contributed by atoms with E-state index in [9.17, 15) is 17.6 Å². The summed E-state index contributed by atoms with van der Waals surface area (Å²) in [6.45, 7) is 27.9. The number of nitrogens with zero attached hydrogens (tertiary/aromatic N) is 2. The van der Waals surface area contributed by atoms with E-state index in [2.05, 4.69) is 146 Å². The summed E-state index contributed by atoms with van der Waals surface area (Å²) >= 11 is 55.5. The standard InChI is InChI=1S/C18H18Cl2F2.C17H16Cl2F2.C16H22ClN.C16H23N.C14H19Cl2NO.C13H17Cl2N/c1-18(2,17-15(19)6-3-7-16(17)20)8-4-5-12-9-13(21)11-14(22)10-12;1-11(17-15(18)6-3-7-16(17)19)4-2-5-12-8-13(20)10-14(21)9-12;1-16(2,3)10-5-4-7-12-11-18-14-9-6-8-13(17)15(12)14;1-16(2,3)11-7-6-8-13-12-17-15-10-5-4-9-14(13)15;1-14(7-4-8-18-14)6-3-2-5-11-12(15)9-17-10-13(11)16;1-13(2)6-9(13)4-3-5-10-11(14)7-16-8-12(10)15/h3,6-7,9-11H,4-5,8H2,1-2H3;3,6-11H,2,4-5H2,1H3;6,8-9,11,18H,4-5,7,10H2,1-3H3;4-5,9-10,12,17H,6-8,11H2,1-3H3;9-10H,2-8H2,1H3;7-9H,3-6H2,1-2H3. The third-order valence-electron chi connectivity index (χ3n) is 21.3. The number of rotatable bonds is 27. The molecule has 4 aromatic heterocycles. The van der Waals surface area contributed by atoms with E-state index in [-0.39, 0.29) is 16.9 Å². The Hall–Kier alpha value is -5.01. The highest BCUT2D eigenvalue weighted by molar-refractivity contribution is 6.38. The number of para-hydroxylation sites is 1. The predicted octanol–water partition coefficient (Wildman–Crippen LogP) is 32.9. The maximum atomic E-state index is 13.2. The molecule has 10 aromatic rings. The zero-order chi connectivity index (χ0) is 82.0. The third kappa shape index (κ3) is 31.8. The number of aryl methyl sites for hydroxylation is 4. The molecule has 2 aliphatic rings. The summed E-state index contributed by atoms with van der Waals surface area (Å²) in [5, 5.41) is 8.81. The Bertz CT molecular complexity index is 4430. The van der Waals surface area contributed by atoms with Crippen molar-refractivity contribution in [3.8, 4) is 0 Å². The molecule has 2 N–H and O–H groups in total. The Morgan fingerprint density at radius 2 is 0.920 bits per heavy atom. The van der Waals surface area contributed by atoms with Gasteiger partial charge in [-0.1, -0.05) is 236 Å². The molecule has 0 radical (unpaired) electrons. The Balaban J connectivity index is 0.000000187. The fourth-order valence-electron chi connectivity index (χ4n) is 14.7. The molecular weight excluding hydrogens is 1600 g/mol. The minimum Gasteiger partial charge on any atom is -0.375 e. The molecule has 3 unspecified atom stereocenters. The second-order valence-corrected chi connectivity index (χ2v) is 37.9. The van der Waals surface area contributed by atoms with Gasteiger partial charge in [0.05, 0.1) is 30.7 Å². The first-order chi connectivity index (χ1) is 52.9. The number of fused-ring (bicyclic) bond motifs is 2. The van der Waals surface area contributed by atoms with Crippen molar-refractivity contribution < 1.29 is 22.3 Å². The monoisotopic (exact) mass is 1710 g/mol. The summed E-state index contributed by atoms with van der Waals surface area (Å²) in [6.07, 6.45) is 36.9. The van der Waals surface area contributed by atoms with Gasteiger partial charge in [0.1, 0.15) is 23.3 Å². The quantitative estimate of drug-likeness (QED) is 0.0398. The van der Waals surface area contributed by atoms with Crippen molar-refractivity contribution in [2.75, 3.05) is 6.61 Å². The number of H-pyrrole nitrogens is 2. The molecule has 608 valence electrons. The van der Waals surface area contributed by atoms with E-state index in [0.29, 0.717) is 80.4 Å². The molecule has 6 aromatic carbocycles. The van der Waals surface area contributed by atoms with Crippen LogP contribution in [0.2, 0.25) is 45.2 Å². The lowest BCUT2D eigenvalue weighted by molar-refractivity contribution is 0.0114. The molecule has 2 fully saturated rings. The van der Waals surface area contributed by atoms with Gasteiger partial charge in [-0.3, -0.25) is 9.97 Å². The number of pyridine rings is 2. The minimum atomic E-state index is -0.539. The van der Waals surface area contributed by atoms with Crippen molar-refractivity contribution in [3.05, 3.63) is 265 Å². The minimum absolute atomic E-state index is 0.103. The maximum Gasteiger partial charge on any atom is 0.126 e. The number of unbranched alkanes of at least 4 members (excludes halogenated alkanes) is 3. The highest BCUT2D eigenvalue weighted by atomic mass is 35.5. The van der Waals surface area contributed by atoms with Crippen LogP contribution in [-0.4, -0.2) is 32.1 Å². The van der Waals surface area contributed by atoms with Crippen LogP contribution in [0.25, 0.3) is 21.8 Å². The first kappa shape index (κ1) is 94.1. The SMILES string of the molecule is CC(C)(C)CCCCc1c[nH]c2cccc(Cl)c12.CC(C)(C)CCCCc1c[nH]c2ccccc12.CC(C)(CCCc1cc(F)cc(F)c1)c1c(Cl)cccc1Cl.CC(CCCc1cc(F)cc(F)c1)c1c(Cl)cccc1Cl.CC1(C)CC1CCCc1c(Cl)cncc1Cl.CC1(CCCCc2c(Cl)cncc2Cl)CCCO1. The fraction of sp³-hybridized carbons (Fsp3) is 0.468. The van der Waals surface area contributed by atoms with Crippen molar-refractivity contribution >= 4 is 126 Å². The molecule has 1 saturated heterocycles. The third-order valence-corrected chi connectivity index (χ3v) is 24.2. The van der Waals surface area contributed by atoms with Crippen molar-refractivity contribution in [2.24, 2.45) is 22.2 Å². The summed E-state index contributed by atoms with van der Waals surface area (Å²) in [6, 6.07) is 32.8. The lowest BCUT2D eigenvalue weighted by Crippen LogP contribution is -2.22. The van der Waals surface area contributed by atoms with Crippen LogP contribution in [0.1, 0.15) is 249 Å². The number of halogens is 13. The molecule has 18 heteroatoms. The largest absolute Gasteiger partial charge is 0.375 e. The van der Waals surface area contributed by atoms with Gasteiger partial charge < -0.3 is 14.7 Å². The first-order valence-electron chi connectivity index (χ1n) is 39.7. The molecule has 0 amide bonds. The van der Waals surface area contributed by atoms with Crippen LogP contribution in [0, 0.1) is 45.4 Å². The van der Waals surface area contributed by atoms with Crippen LogP contribution in [0.3, 0.4) is 0 Å². The summed E-state index contributed by atoms with van der Waals surface area (Å²) in [7, 11) is 0. The van der Waals surface area contributed by atoms with E-state index in [4.69, 9.17) is 109 Å². The van der Waals surface area contributed by atoms with Gasteiger partial charge in [0, 0.05) is 97.8 Å². The number of hydrogen-bond donors (Lipinski definition) is 2. The summed E-state index contributed by atoms with van der Waals surface area (Å²) in [5.74, 6) is -1.05. The van der Waals surface area contributed by atoms with E-state index in [1.54, 1.807) is 24.8 Å². The van der Waals surface area contributed by atoms with E-state index in [1.165, 1.54) is 122 Å². The van der Waals surface area contributed by atoms with Crippen LogP contribution in [-0.2, 0) is 48.7 Å². The van der Waals surface area contributed by atoms with Crippen LogP contribution < -0.4 is 0 Å². The van der Waals surface area contributed by atoms with Gasteiger partial charge in [-0.25, -0.2) is 17.6 Å². The van der Waals surface area contributed by atoms with Crippen LogP contribution >= 0.6 is 104 Å². The number of nitrogens with one attached hydrogen (secondary N) is 2. The lowest BCUT2D eigenvalue weighted by atomic mass is 9.79. The molecule has 1 saturated carbocycles. The molecule has 0 spiro atoms. The lowest BCUT2D eigenvalue weighted by Gasteiger charge is -2.27. The molecule has 0 bridgehead atoms. The summed E-state index contributed by atoms with van der Waals surface area (Å²) in [5.41, 5.74) is 11.9. The highest BCUT2D eigenvalue weighted by Gasteiger charge is 2.44. The van der Waals surface area contributed by atoms with Gasteiger partial charge in [0.15, 0.2) is 0 Å². The van der Waals surface area contributed by atoms with Gasteiger partial charge in [-0.15, -0.1) is 0 Å². The van der Waals surface area contributed by atoms with E-state index >= 15 is 0 Å². The molecule has 5 nitrogen and oxygen atoms in total. The predicted molar refractivity (Wildman–Crippen MR) is 473 cm³/mol. The normalized spacial score (nSPS) is 15.4. The number of aromatic amines is 2. The van der Waals surface area contributed by atoms with Gasteiger partial charge in [0.25, 0.3) is 0 Å². The maximum absolute atomic E-state index is 13.2. The van der Waals surface area contributed by atoms with E-state index in [0.717, 1.165) is 128 Å². The molecule has 3 atom stereocenters. The Morgan fingerprint density at radius 1 is 0.473 bits per heavy atom. The smallest absolute Gasteiger partial charge is 0.126 e. The first-order valence-corrected chi connectivity index (χ1v) is 43.1. The second kappa shape index (κ2) is 45.1. The van der Waals surface area contributed by atoms with E-state index < -0.39 is 23.3 Å². The summed E-state index contributed by atoms with van der Waals surface area (Å²) in [4.78, 5) is 14.6. The van der Waals surface area contributed by atoms with Gasteiger partial charge in [-0.2, -0.15) is 0 Å². The van der Waals surface area contributed by atoms with Crippen molar-refractivity contribution in [2.45, 2.75) is 254 Å². The summed E-state index contributed by atoms with van der Waals surface area (Å²) < 4.78 is 58.4. The van der Waals surface area contributed by atoms with Gasteiger partial charge in [-0.05, 0) is 286 Å². The van der Waals surface area contributed by atoms with Gasteiger partial charge in [0.2, 0.25) is 0 Å². The average Bonchev–Trinajstić information content (AvgIpc) is 1.65. The second-order valence-electron chi connectivity index (χ2n) is 34.2. The van der Waals surface area contributed by atoms with Crippen LogP contribution in [0.5, 0.6) is 0 Å². The Labute approximate surface area is 711 Å². The zero-order valence-electron chi connectivity index (χ0n) is 67.5. The number of ether oxygens (including phenoxy) is 1. The fourth-order valence-corrected chi connectivity index (χ4v) is 17.8. The molecular formula is C94H115Cl9F4N4O. The van der Waals surface area contributed by atoms with Crippen molar-refractivity contribution in [1.82, 2.24) is 19.9 Å². The topological polar surface area (TPSA) is 66.6 Å². The number of benzene rings is 6. The van der Waals surface area contributed by atoms with Crippen LogP contribution in [0.4, 0.5) is 17.6 Å². The Morgan fingerprint density at radius 3 is 1.43 bits per heavy atom. The molecule has 12 rings (SSSR count). The number of aromatic nitrogens is 4. The molecule has 1 aliphatic heterocycles. The zero-order valence-corrected chi connectivity index (χ0v) is 74.3. The van der Waals surface area contributed by atoms with Crippen LogP contribution in [0.15, 0.2) is 152 Å². The van der Waals surface area contributed by atoms with Crippen molar-refractivity contribution in [3.63, 3.8) is 0 Å². The van der Waals surface area contributed by atoms with Crippen molar-refractivity contribution in [1.29, 1.82) is 0 Å². The molecule has 1 aliphatic carbocycles. The highest BCUT2D eigenvalue weighted by Crippen LogP contribution is 2.54. The van der Waals surface area contributed by atoms with Gasteiger partial charge >= 0.3 is 0 Å². The molecule has 5 heterocycles. The number of hydrogen-bond acceptors (Lipinski definition) is 3. The molecule has 112 heavy (non-hydrogen) atoms. The Kier molecular flexibility index (Phi) is 37.9.